The lowest BCUT2D eigenvalue weighted by atomic mass is 10.2. The zero-order chi connectivity index (χ0) is 10.1. The van der Waals surface area contributed by atoms with Crippen LogP contribution in [0.4, 0.5) is 0 Å². The van der Waals surface area contributed by atoms with E-state index in [0.717, 1.165) is 0 Å². The van der Waals surface area contributed by atoms with Crippen molar-refractivity contribution in [2.45, 2.75) is 25.7 Å². The van der Waals surface area contributed by atoms with Crippen molar-refractivity contribution >= 4 is 21.6 Å². The Hall–Kier alpha value is -0.120. The highest BCUT2D eigenvalue weighted by molar-refractivity contribution is 8.76. The summed E-state index contributed by atoms with van der Waals surface area (Å²) in [6.07, 6.45) is 0. The number of aliphatic hydroxyl groups is 1. The van der Waals surface area contributed by atoms with Crippen LogP contribution in [-0.2, 0) is 0 Å². The molecule has 0 atom stereocenters. The lowest BCUT2D eigenvalue weighted by Crippen LogP contribution is -1.71. The predicted octanol–water partition coefficient (Wildman–Crippen LogP) is 3.71. The summed E-state index contributed by atoms with van der Waals surface area (Å²) in [5.74, 6) is 0.165. The van der Waals surface area contributed by atoms with E-state index in [1.54, 1.807) is 10.8 Å². The first kappa shape index (κ1) is 12.9. The second kappa shape index (κ2) is 8.48. The molecule has 0 spiro atoms. The molecule has 3 heteroatoms. The van der Waals surface area contributed by atoms with Crippen LogP contribution in [0.3, 0.4) is 0 Å². The molecule has 0 aliphatic carbocycles. The van der Waals surface area contributed by atoms with Crippen LogP contribution in [0.1, 0.15) is 19.4 Å². The van der Waals surface area contributed by atoms with Crippen LogP contribution in [0.2, 0.25) is 0 Å². The Kier molecular flexibility index (Phi) is 8.40. The van der Waals surface area contributed by atoms with Gasteiger partial charge >= 0.3 is 0 Å². The smallest absolute Gasteiger partial charge is 0.0990 e. The lowest BCUT2D eigenvalue weighted by molar-refractivity contribution is 0.376. The van der Waals surface area contributed by atoms with E-state index in [4.69, 9.17) is 5.11 Å². The number of benzene rings is 1. The monoisotopic (exact) mass is 216 g/mol. The van der Waals surface area contributed by atoms with Gasteiger partial charge in [0.2, 0.25) is 0 Å². The van der Waals surface area contributed by atoms with Crippen molar-refractivity contribution in [2.75, 3.05) is 5.94 Å². The summed E-state index contributed by atoms with van der Waals surface area (Å²) in [7, 11) is 3.04. The summed E-state index contributed by atoms with van der Waals surface area (Å²) in [4.78, 5) is 1.19. The fraction of sp³-hybridized carbons (Fsp3) is 0.400. The van der Waals surface area contributed by atoms with Crippen molar-refractivity contribution in [3.8, 4) is 0 Å². The van der Waals surface area contributed by atoms with Gasteiger partial charge in [0.05, 0.1) is 5.94 Å². The summed E-state index contributed by atoms with van der Waals surface area (Å²) < 4.78 is 0. The van der Waals surface area contributed by atoms with Crippen LogP contribution in [0.15, 0.2) is 29.2 Å². The Labute approximate surface area is 88.3 Å². The van der Waals surface area contributed by atoms with Gasteiger partial charge in [-0.1, -0.05) is 53.1 Å². The number of aliphatic hydroxyl groups excluding tert-OH is 1. The molecule has 0 saturated heterocycles. The minimum atomic E-state index is 0.165. The third-order valence-corrected chi connectivity index (χ3v) is 3.16. The van der Waals surface area contributed by atoms with E-state index >= 15 is 0 Å². The van der Waals surface area contributed by atoms with Crippen molar-refractivity contribution < 1.29 is 5.11 Å². The van der Waals surface area contributed by atoms with Crippen molar-refractivity contribution in [1.82, 2.24) is 0 Å². The van der Waals surface area contributed by atoms with Crippen LogP contribution in [0.5, 0.6) is 0 Å². The minimum Gasteiger partial charge on any atom is -0.385 e. The standard InChI is InChI=1S/C8H10OS2.C2H6/c1-7-2-4-8(5-3-7)11-10-6-9;1-2/h2-5,9H,6H2,1H3;1-2H3. The molecule has 0 aliphatic heterocycles. The van der Waals surface area contributed by atoms with Crippen LogP contribution in [0, 0.1) is 6.92 Å². The normalized spacial score (nSPS) is 8.92. The van der Waals surface area contributed by atoms with E-state index < -0.39 is 0 Å². The molecule has 0 unspecified atom stereocenters. The third kappa shape index (κ3) is 6.02. The number of aryl methyl sites for hydroxylation is 1. The Morgan fingerprint density at radius 1 is 1.15 bits per heavy atom. The van der Waals surface area contributed by atoms with Crippen molar-refractivity contribution in [1.29, 1.82) is 0 Å². The summed E-state index contributed by atoms with van der Waals surface area (Å²) in [5, 5.41) is 8.52. The van der Waals surface area contributed by atoms with Crippen molar-refractivity contribution in [2.24, 2.45) is 0 Å². The molecule has 0 fully saturated rings. The molecule has 0 radical (unpaired) electrons. The van der Waals surface area contributed by atoms with Crippen LogP contribution < -0.4 is 0 Å². The van der Waals surface area contributed by atoms with Crippen molar-refractivity contribution in [3.63, 3.8) is 0 Å². The van der Waals surface area contributed by atoms with Gasteiger partial charge in [0, 0.05) is 4.90 Å². The lowest BCUT2D eigenvalue weighted by Gasteiger charge is -1.97. The van der Waals surface area contributed by atoms with Gasteiger partial charge in [0.25, 0.3) is 0 Å². The molecule has 1 aromatic carbocycles. The molecular formula is C10H16OS2. The second-order valence-electron chi connectivity index (χ2n) is 2.14. The molecule has 0 aromatic heterocycles. The predicted molar refractivity (Wildman–Crippen MR) is 63.1 cm³/mol. The molecule has 0 heterocycles. The fourth-order valence-electron chi connectivity index (χ4n) is 0.688. The maximum Gasteiger partial charge on any atom is 0.0990 e. The first-order valence-corrected chi connectivity index (χ1v) is 6.62. The van der Waals surface area contributed by atoms with Gasteiger partial charge in [-0.3, -0.25) is 0 Å². The number of hydrogen-bond acceptors (Lipinski definition) is 3. The van der Waals surface area contributed by atoms with Crippen LogP contribution >= 0.6 is 21.6 Å². The Balaban J connectivity index is 0.000000671. The summed E-state index contributed by atoms with van der Waals surface area (Å²) >= 11 is 0. The highest BCUT2D eigenvalue weighted by Gasteiger charge is 1.91. The molecule has 1 N–H and O–H groups in total. The SMILES string of the molecule is CC.Cc1ccc(SSCO)cc1. The van der Waals surface area contributed by atoms with Gasteiger partial charge in [0.15, 0.2) is 0 Å². The van der Waals surface area contributed by atoms with Crippen molar-refractivity contribution in [3.05, 3.63) is 29.8 Å². The molecule has 0 bridgehead atoms. The zero-order valence-electron chi connectivity index (χ0n) is 8.28. The molecule has 1 aromatic rings. The average Bonchev–Trinajstić information content (AvgIpc) is 2.20. The summed E-state index contributed by atoms with van der Waals surface area (Å²) in [6.45, 7) is 6.06. The number of hydrogen-bond donors (Lipinski definition) is 1. The molecule has 0 saturated carbocycles. The molecule has 1 rings (SSSR count). The fourth-order valence-corrected chi connectivity index (χ4v) is 2.02. The first-order valence-electron chi connectivity index (χ1n) is 4.30. The van der Waals surface area contributed by atoms with Gasteiger partial charge in [-0.05, 0) is 19.1 Å². The highest BCUT2D eigenvalue weighted by Crippen LogP contribution is 2.29. The van der Waals surface area contributed by atoms with Gasteiger partial charge in [-0.15, -0.1) is 0 Å². The van der Waals surface area contributed by atoms with Gasteiger partial charge < -0.3 is 5.11 Å². The summed E-state index contributed by atoms with van der Waals surface area (Å²) in [5.41, 5.74) is 1.27. The number of rotatable bonds is 3. The van der Waals surface area contributed by atoms with E-state index in [1.807, 2.05) is 13.8 Å². The molecule has 0 amide bonds. The zero-order valence-corrected chi connectivity index (χ0v) is 9.91. The average molecular weight is 216 g/mol. The summed E-state index contributed by atoms with van der Waals surface area (Å²) in [6, 6.07) is 8.26. The minimum absolute atomic E-state index is 0.165. The van der Waals surface area contributed by atoms with E-state index in [0.29, 0.717) is 0 Å². The molecule has 74 valence electrons. The Morgan fingerprint density at radius 2 is 1.69 bits per heavy atom. The van der Waals surface area contributed by atoms with Gasteiger partial charge in [0.1, 0.15) is 0 Å². The maximum atomic E-state index is 8.52. The highest BCUT2D eigenvalue weighted by atomic mass is 33.1. The van der Waals surface area contributed by atoms with E-state index in [9.17, 15) is 0 Å². The third-order valence-electron chi connectivity index (χ3n) is 1.23. The Bertz CT molecular complexity index is 209. The van der Waals surface area contributed by atoms with Crippen LogP contribution in [-0.4, -0.2) is 11.0 Å². The molecular weight excluding hydrogens is 200 g/mol. The van der Waals surface area contributed by atoms with Gasteiger partial charge in [-0.2, -0.15) is 0 Å². The topological polar surface area (TPSA) is 20.2 Å². The van der Waals surface area contributed by atoms with E-state index in [1.165, 1.54) is 21.3 Å². The maximum absolute atomic E-state index is 8.52. The largest absolute Gasteiger partial charge is 0.385 e. The van der Waals surface area contributed by atoms with Gasteiger partial charge in [-0.25, -0.2) is 0 Å². The first-order chi connectivity index (χ1) is 6.33. The Morgan fingerprint density at radius 3 is 2.15 bits per heavy atom. The van der Waals surface area contributed by atoms with E-state index in [-0.39, 0.29) is 5.94 Å². The molecule has 1 nitrogen and oxygen atoms in total. The molecule has 0 aliphatic rings. The van der Waals surface area contributed by atoms with Crippen LogP contribution in [0.25, 0.3) is 0 Å². The second-order valence-corrected chi connectivity index (χ2v) is 4.48. The molecule has 13 heavy (non-hydrogen) atoms. The quantitative estimate of drug-likeness (QED) is 0.614. The van der Waals surface area contributed by atoms with E-state index in [2.05, 4.69) is 31.2 Å².